The van der Waals surface area contributed by atoms with Crippen molar-refractivity contribution in [3.63, 3.8) is 0 Å². The first-order valence-electron chi connectivity index (χ1n) is 12.4. The number of aldehydes is 1. The van der Waals surface area contributed by atoms with Crippen LogP contribution >= 0.6 is 0 Å². The summed E-state index contributed by atoms with van der Waals surface area (Å²) in [7, 11) is 0. The number of anilines is 3. The first kappa shape index (κ1) is 28.3. The number of carbonyl (C=O) groups excluding carboxylic acids is 2. The van der Waals surface area contributed by atoms with Gasteiger partial charge in [-0.2, -0.15) is 0 Å². The van der Waals surface area contributed by atoms with Gasteiger partial charge < -0.3 is 19.5 Å². The van der Waals surface area contributed by atoms with Gasteiger partial charge in [-0.05, 0) is 41.9 Å². The van der Waals surface area contributed by atoms with E-state index in [0.717, 1.165) is 6.29 Å². The van der Waals surface area contributed by atoms with Crippen LogP contribution in [-0.4, -0.2) is 30.6 Å². The number of aromatic nitrogens is 1. The summed E-state index contributed by atoms with van der Waals surface area (Å²) in [6.45, 7) is 17.5. The van der Waals surface area contributed by atoms with Gasteiger partial charge in [-0.1, -0.05) is 60.5 Å². The van der Waals surface area contributed by atoms with Crippen LogP contribution in [0.5, 0.6) is 0 Å². The molecule has 194 valence electrons. The zero-order valence-corrected chi connectivity index (χ0v) is 22.4. The Kier molecular flexibility index (Phi) is 9.86. The predicted octanol–water partition coefficient (Wildman–Crippen LogP) is 6.96. The summed E-state index contributed by atoms with van der Waals surface area (Å²) in [5, 5.41) is 9.45. The number of nitrogens with one attached hydrogen (secondary N) is 2. The van der Waals surface area contributed by atoms with Crippen LogP contribution in [0.25, 0.3) is 0 Å². The minimum Gasteiger partial charge on any atom is -0.367 e. The molecule has 1 atom stereocenters. The molecule has 2 amide bonds. The van der Waals surface area contributed by atoms with Crippen LogP contribution in [-0.2, 0) is 10.2 Å². The SMILES string of the molecule is CCC(CC=O)c1cc(F)c(N(CC(C)C)CC(C)C)c(NC(=O)Nc2cc(C(C)(C)C)on2)c1. The summed E-state index contributed by atoms with van der Waals surface area (Å²) >= 11 is 0. The number of nitrogens with zero attached hydrogens (tertiary/aromatic N) is 2. The summed E-state index contributed by atoms with van der Waals surface area (Å²) in [6.07, 6.45) is 1.82. The molecule has 0 aliphatic carbocycles. The molecule has 1 aromatic carbocycles. The molecule has 1 heterocycles. The first-order valence-corrected chi connectivity index (χ1v) is 12.4. The second-order valence-corrected chi connectivity index (χ2v) is 11.0. The zero-order chi connectivity index (χ0) is 26.3. The molecule has 0 aliphatic heterocycles. The standard InChI is InChI=1S/C27H41FN4O3/c1-9-19(10-11-33)20-12-21(28)25(32(15-17(2)3)16-18(4)5)22(13-20)29-26(34)30-24-14-23(35-31-24)27(6,7)8/h11-14,17-19H,9-10,15-16H2,1-8H3,(H2,29,30,31,34). The van der Waals surface area contributed by atoms with Gasteiger partial charge in [-0.15, -0.1) is 0 Å². The van der Waals surface area contributed by atoms with Crippen molar-refractivity contribution in [3.05, 3.63) is 35.3 Å². The van der Waals surface area contributed by atoms with E-state index in [-0.39, 0.29) is 23.6 Å². The molecule has 0 saturated carbocycles. The van der Waals surface area contributed by atoms with Crippen molar-refractivity contribution in [2.45, 2.75) is 79.6 Å². The highest BCUT2D eigenvalue weighted by atomic mass is 19.1. The number of halogens is 1. The second kappa shape index (κ2) is 12.2. The Morgan fingerprint density at radius 1 is 1.11 bits per heavy atom. The quantitative estimate of drug-likeness (QED) is 0.334. The molecule has 0 spiro atoms. The van der Waals surface area contributed by atoms with Gasteiger partial charge in [0.2, 0.25) is 0 Å². The van der Waals surface area contributed by atoms with Crippen molar-refractivity contribution in [2.24, 2.45) is 11.8 Å². The lowest BCUT2D eigenvalue weighted by atomic mass is 9.92. The number of carbonyl (C=O) groups is 2. The molecule has 8 heteroatoms. The molecule has 0 fully saturated rings. The van der Waals surface area contributed by atoms with E-state index in [0.29, 0.717) is 54.0 Å². The van der Waals surface area contributed by atoms with Gasteiger partial charge >= 0.3 is 6.03 Å². The maximum atomic E-state index is 15.7. The Morgan fingerprint density at radius 3 is 2.23 bits per heavy atom. The molecule has 1 unspecified atom stereocenters. The average molecular weight is 489 g/mol. The largest absolute Gasteiger partial charge is 0.367 e. The monoisotopic (exact) mass is 488 g/mol. The molecule has 0 bridgehead atoms. The first-order chi connectivity index (χ1) is 16.3. The molecule has 0 saturated heterocycles. The van der Waals surface area contributed by atoms with E-state index in [1.54, 1.807) is 12.1 Å². The summed E-state index contributed by atoms with van der Waals surface area (Å²) in [5.74, 6) is 0.950. The van der Waals surface area contributed by atoms with Crippen molar-refractivity contribution in [1.29, 1.82) is 0 Å². The Labute approximate surface area is 208 Å². The number of urea groups is 1. The lowest BCUT2D eigenvalue weighted by molar-refractivity contribution is -0.108. The van der Waals surface area contributed by atoms with Crippen molar-refractivity contribution in [3.8, 4) is 0 Å². The third-order valence-electron chi connectivity index (χ3n) is 5.66. The number of benzene rings is 1. The Morgan fingerprint density at radius 2 is 1.74 bits per heavy atom. The smallest absolute Gasteiger partial charge is 0.325 e. The van der Waals surface area contributed by atoms with Gasteiger partial charge in [0.25, 0.3) is 0 Å². The predicted molar refractivity (Wildman–Crippen MR) is 140 cm³/mol. The van der Waals surface area contributed by atoms with E-state index in [2.05, 4.69) is 43.5 Å². The molecule has 2 N–H and O–H groups in total. The van der Waals surface area contributed by atoms with Gasteiger partial charge in [0, 0.05) is 31.0 Å². The lowest BCUT2D eigenvalue weighted by Crippen LogP contribution is -2.33. The Hall–Kier alpha value is -2.90. The Bertz CT molecular complexity index is 985. The van der Waals surface area contributed by atoms with Crippen LogP contribution in [0.1, 0.15) is 85.5 Å². The van der Waals surface area contributed by atoms with Gasteiger partial charge in [0.1, 0.15) is 17.9 Å². The molecule has 0 aliphatic rings. The second-order valence-electron chi connectivity index (χ2n) is 11.0. The third-order valence-corrected chi connectivity index (χ3v) is 5.66. The van der Waals surface area contributed by atoms with E-state index in [1.807, 2.05) is 32.6 Å². The highest BCUT2D eigenvalue weighted by molar-refractivity contribution is 6.01. The third kappa shape index (κ3) is 8.08. The van der Waals surface area contributed by atoms with Gasteiger partial charge in [0.15, 0.2) is 5.82 Å². The van der Waals surface area contributed by atoms with Crippen LogP contribution in [0, 0.1) is 17.7 Å². The van der Waals surface area contributed by atoms with Gasteiger partial charge in [-0.3, -0.25) is 5.32 Å². The fourth-order valence-electron chi connectivity index (χ4n) is 4.02. The van der Waals surface area contributed by atoms with Crippen molar-refractivity contribution >= 4 is 29.5 Å². The summed E-state index contributed by atoms with van der Waals surface area (Å²) < 4.78 is 21.0. The molecule has 7 nitrogen and oxygen atoms in total. The molecule has 1 aromatic heterocycles. The molecule has 2 rings (SSSR count). The minimum absolute atomic E-state index is 0.131. The van der Waals surface area contributed by atoms with E-state index < -0.39 is 11.8 Å². The highest BCUT2D eigenvalue weighted by Crippen LogP contribution is 2.36. The Balaban J connectivity index is 2.47. The summed E-state index contributed by atoms with van der Waals surface area (Å²) in [5.41, 5.74) is 1.14. The number of amides is 2. The number of hydrogen-bond acceptors (Lipinski definition) is 5. The molecule has 35 heavy (non-hydrogen) atoms. The number of hydrogen-bond donors (Lipinski definition) is 2. The zero-order valence-electron chi connectivity index (χ0n) is 22.4. The van der Waals surface area contributed by atoms with Crippen LogP contribution in [0.3, 0.4) is 0 Å². The van der Waals surface area contributed by atoms with E-state index in [9.17, 15) is 9.59 Å². The summed E-state index contributed by atoms with van der Waals surface area (Å²) in [6, 6.07) is 4.41. The summed E-state index contributed by atoms with van der Waals surface area (Å²) in [4.78, 5) is 26.1. The normalized spacial score (nSPS) is 12.7. The topological polar surface area (TPSA) is 87.5 Å². The van der Waals surface area contributed by atoms with E-state index >= 15 is 4.39 Å². The van der Waals surface area contributed by atoms with Gasteiger partial charge in [-0.25, -0.2) is 9.18 Å². The molecular formula is C27H41FN4O3. The maximum absolute atomic E-state index is 15.7. The average Bonchev–Trinajstić information content (AvgIpc) is 3.19. The van der Waals surface area contributed by atoms with E-state index in [1.165, 1.54) is 6.07 Å². The van der Waals surface area contributed by atoms with Crippen molar-refractivity contribution in [2.75, 3.05) is 28.6 Å². The van der Waals surface area contributed by atoms with E-state index in [4.69, 9.17) is 4.52 Å². The van der Waals surface area contributed by atoms with Crippen LogP contribution in [0.2, 0.25) is 0 Å². The molecular weight excluding hydrogens is 447 g/mol. The molecule has 2 aromatic rings. The number of rotatable bonds is 11. The van der Waals surface area contributed by atoms with Crippen LogP contribution < -0.4 is 15.5 Å². The maximum Gasteiger partial charge on any atom is 0.325 e. The highest BCUT2D eigenvalue weighted by Gasteiger charge is 2.24. The van der Waals surface area contributed by atoms with Crippen LogP contribution in [0.4, 0.5) is 26.4 Å². The fourth-order valence-corrected chi connectivity index (χ4v) is 4.02. The van der Waals surface area contributed by atoms with Crippen molar-refractivity contribution in [1.82, 2.24) is 5.16 Å². The van der Waals surface area contributed by atoms with Gasteiger partial charge in [0.05, 0.1) is 11.4 Å². The fraction of sp³-hybridized carbons (Fsp3) is 0.593. The minimum atomic E-state index is -0.547. The lowest BCUT2D eigenvalue weighted by Gasteiger charge is -2.31. The van der Waals surface area contributed by atoms with Crippen molar-refractivity contribution < 1.29 is 18.5 Å². The molecule has 0 radical (unpaired) electrons. The van der Waals surface area contributed by atoms with Crippen LogP contribution in [0.15, 0.2) is 22.7 Å².